The van der Waals surface area contributed by atoms with Gasteiger partial charge in [-0.1, -0.05) is 6.92 Å². The first-order valence-electron chi connectivity index (χ1n) is 3.82. The second kappa shape index (κ2) is 2.30. The Morgan fingerprint density at radius 3 is 3.09 bits per heavy atom. The number of hydrogen-bond donors (Lipinski definition) is 1. The van der Waals surface area contributed by atoms with Crippen molar-refractivity contribution in [3.8, 4) is 0 Å². The zero-order valence-corrected chi connectivity index (χ0v) is 6.44. The van der Waals surface area contributed by atoms with Crippen molar-refractivity contribution in [3.05, 3.63) is 12.2 Å². The second-order valence-electron chi connectivity index (χ2n) is 3.09. The zero-order valence-electron chi connectivity index (χ0n) is 6.44. The summed E-state index contributed by atoms with van der Waals surface area (Å²) in [6.45, 7) is 2.18. The minimum absolute atomic E-state index is 0.0107. The highest BCUT2D eigenvalue weighted by atomic mass is 16.3. The number of hydrogen-bond acceptors (Lipinski definition) is 3. The summed E-state index contributed by atoms with van der Waals surface area (Å²) in [6.07, 6.45) is 2.88. The van der Waals surface area contributed by atoms with Crippen molar-refractivity contribution in [3.63, 3.8) is 0 Å². The molecule has 2 atom stereocenters. The van der Waals surface area contributed by atoms with Gasteiger partial charge in [-0.25, -0.2) is 0 Å². The van der Waals surface area contributed by atoms with Crippen molar-refractivity contribution in [2.45, 2.75) is 26.0 Å². The average Bonchev–Trinajstić information content (AvgIpc) is 2.58. The van der Waals surface area contributed by atoms with Crippen LogP contribution in [0.5, 0.6) is 0 Å². The number of aliphatic hydroxyl groups is 1. The van der Waals surface area contributed by atoms with E-state index in [1.807, 2.05) is 4.57 Å². The molecule has 0 spiro atoms. The quantitative estimate of drug-likeness (QED) is 0.667. The lowest BCUT2D eigenvalue weighted by Crippen LogP contribution is -2.00. The topological polar surface area (TPSA) is 50.9 Å². The van der Waals surface area contributed by atoms with Crippen molar-refractivity contribution >= 4 is 0 Å². The number of rotatable bonds is 2. The molecule has 0 amide bonds. The number of aliphatic hydroxyl groups excluding tert-OH is 1. The Hall–Kier alpha value is -0.900. The van der Waals surface area contributed by atoms with Gasteiger partial charge in [0.1, 0.15) is 12.9 Å². The van der Waals surface area contributed by atoms with Crippen LogP contribution in [-0.4, -0.2) is 19.9 Å². The molecule has 1 aromatic heterocycles. The number of nitrogens with zero attached hydrogens (tertiary/aromatic N) is 3. The van der Waals surface area contributed by atoms with Crippen LogP contribution in [0.3, 0.4) is 0 Å². The molecule has 11 heavy (non-hydrogen) atoms. The summed E-state index contributed by atoms with van der Waals surface area (Å²) >= 11 is 0. The third-order valence-electron chi connectivity index (χ3n) is 2.21. The summed E-state index contributed by atoms with van der Waals surface area (Å²) in [5.74, 6) is 1.40. The Morgan fingerprint density at radius 1 is 1.82 bits per heavy atom. The van der Waals surface area contributed by atoms with Gasteiger partial charge >= 0.3 is 0 Å². The Bertz CT molecular complexity index is 258. The van der Waals surface area contributed by atoms with Gasteiger partial charge in [-0.2, -0.15) is 0 Å². The van der Waals surface area contributed by atoms with Gasteiger partial charge in [0.15, 0.2) is 5.82 Å². The van der Waals surface area contributed by atoms with E-state index in [1.54, 1.807) is 6.33 Å². The van der Waals surface area contributed by atoms with Gasteiger partial charge in [0.05, 0.1) is 0 Å². The molecule has 2 rings (SSSR count). The third-order valence-corrected chi connectivity index (χ3v) is 2.21. The molecule has 0 aromatic carbocycles. The molecular weight excluding hydrogens is 142 g/mol. The Morgan fingerprint density at radius 2 is 2.55 bits per heavy atom. The maximum absolute atomic E-state index is 8.85. The molecular formula is C7H11N3O. The van der Waals surface area contributed by atoms with Gasteiger partial charge in [-0.05, 0) is 12.3 Å². The van der Waals surface area contributed by atoms with Gasteiger partial charge < -0.3 is 9.67 Å². The minimum Gasteiger partial charge on any atom is -0.388 e. The summed E-state index contributed by atoms with van der Waals surface area (Å²) in [6, 6.07) is 0.534. The van der Waals surface area contributed by atoms with Crippen LogP contribution in [0.25, 0.3) is 0 Å². The first-order valence-corrected chi connectivity index (χ1v) is 3.82. The van der Waals surface area contributed by atoms with Gasteiger partial charge in [-0.3, -0.25) is 0 Å². The fourth-order valence-electron chi connectivity index (χ4n) is 1.35. The van der Waals surface area contributed by atoms with E-state index in [1.165, 1.54) is 6.42 Å². The maximum Gasteiger partial charge on any atom is 0.158 e. The largest absolute Gasteiger partial charge is 0.388 e. The predicted molar refractivity (Wildman–Crippen MR) is 38.8 cm³/mol. The lowest BCUT2D eigenvalue weighted by atomic mass is 10.4. The molecule has 0 saturated heterocycles. The van der Waals surface area contributed by atoms with E-state index in [0.29, 0.717) is 11.9 Å². The van der Waals surface area contributed by atoms with E-state index in [-0.39, 0.29) is 6.61 Å². The molecule has 0 bridgehead atoms. The first kappa shape index (κ1) is 6.79. The summed E-state index contributed by atoms with van der Waals surface area (Å²) in [7, 11) is 0. The van der Waals surface area contributed by atoms with Crippen LogP contribution >= 0.6 is 0 Å². The first-order chi connectivity index (χ1) is 5.33. The van der Waals surface area contributed by atoms with E-state index in [0.717, 1.165) is 5.92 Å². The normalized spacial score (nSPS) is 28.9. The fourth-order valence-corrected chi connectivity index (χ4v) is 1.35. The van der Waals surface area contributed by atoms with Crippen LogP contribution in [0, 0.1) is 5.92 Å². The van der Waals surface area contributed by atoms with Crippen molar-refractivity contribution < 1.29 is 5.11 Å². The van der Waals surface area contributed by atoms with Gasteiger partial charge in [0, 0.05) is 6.04 Å². The van der Waals surface area contributed by atoms with E-state index >= 15 is 0 Å². The lowest BCUT2D eigenvalue weighted by molar-refractivity contribution is 0.264. The van der Waals surface area contributed by atoms with E-state index < -0.39 is 0 Å². The van der Waals surface area contributed by atoms with Crippen molar-refractivity contribution in [2.75, 3.05) is 0 Å². The Kier molecular flexibility index (Phi) is 1.42. The predicted octanol–water partition coefficient (Wildman–Crippen LogP) is 0.351. The standard InChI is InChI=1S/C7H11N3O/c1-5-2-6(5)10-4-8-9-7(10)3-11/h4-6,11H,2-3H2,1H3. The Balaban J connectivity index is 2.23. The van der Waals surface area contributed by atoms with Crippen LogP contribution in [-0.2, 0) is 6.61 Å². The summed E-state index contributed by atoms with van der Waals surface area (Å²) in [5.41, 5.74) is 0. The average molecular weight is 153 g/mol. The van der Waals surface area contributed by atoms with Crippen molar-refractivity contribution in [1.82, 2.24) is 14.8 Å². The van der Waals surface area contributed by atoms with Crippen LogP contribution in [0.2, 0.25) is 0 Å². The minimum atomic E-state index is -0.0107. The van der Waals surface area contributed by atoms with E-state index in [2.05, 4.69) is 17.1 Å². The molecule has 1 aliphatic rings. The van der Waals surface area contributed by atoms with Crippen LogP contribution in [0.15, 0.2) is 6.33 Å². The molecule has 1 aliphatic carbocycles. The molecule has 1 N–H and O–H groups in total. The highest BCUT2D eigenvalue weighted by Crippen LogP contribution is 2.42. The molecule has 0 radical (unpaired) electrons. The molecule has 1 aromatic rings. The van der Waals surface area contributed by atoms with Gasteiger partial charge in [-0.15, -0.1) is 10.2 Å². The van der Waals surface area contributed by atoms with Crippen LogP contribution < -0.4 is 0 Å². The molecule has 1 fully saturated rings. The molecule has 60 valence electrons. The smallest absolute Gasteiger partial charge is 0.158 e. The summed E-state index contributed by atoms with van der Waals surface area (Å²) in [4.78, 5) is 0. The SMILES string of the molecule is CC1CC1n1cnnc1CO. The lowest BCUT2D eigenvalue weighted by Gasteiger charge is -2.00. The molecule has 1 heterocycles. The summed E-state index contributed by atoms with van der Waals surface area (Å²) in [5, 5.41) is 16.4. The van der Waals surface area contributed by atoms with Crippen LogP contribution in [0.1, 0.15) is 25.2 Å². The third kappa shape index (κ3) is 1.03. The van der Waals surface area contributed by atoms with Crippen LogP contribution in [0.4, 0.5) is 0 Å². The summed E-state index contributed by atoms with van der Waals surface area (Å²) < 4.78 is 1.96. The molecule has 0 aliphatic heterocycles. The van der Waals surface area contributed by atoms with E-state index in [4.69, 9.17) is 5.11 Å². The molecule has 4 heteroatoms. The highest BCUT2D eigenvalue weighted by molar-refractivity contribution is 4.96. The zero-order chi connectivity index (χ0) is 7.84. The molecule has 2 unspecified atom stereocenters. The van der Waals surface area contributed by atoms with Gasteiger partial charge in [0.25, 0.3) is 0 Å². The second-order valence-corrected chi connectivity index (χ2v) is 3.09. The van der Waals surface area contributed by atoms with Gasteiger partial charge in [0.2, 0.25) is 0 Å². The van der Waals surface area contributed by atoms with Crippen molar-refractivity contribution in [2.24, 2.45) is 5.92 Å². The molecule has 1 saturated carbocycles. The monoisotopic (exact) mass is 153 g/mol. The fraction of sp³-hybridized carbons (Fsp3) is 0.714. The number of aromatic nitrogens is 3. The molecule has 4 nitrogen and oxygen atoms in total. The highest BCUT2D eigenvalue weighted by Gasteiger charge is 2.35. The van der Waals surface area contributed by atoms with E-state index in [9.17, 15) is 0 Å². The van der Waals surface area contributed by atoms with Crippen molar-refractivity contribution in [1.29, 1.82) is 0 Å². The Labute approximate surface area is 64.9 Å². The maximum atomic E-state index is 8.85.